The van der Waals surface area contributed by atoms with Crippen LogP contribution >= 0.6 is 0 Å². The van der Waals surface area contributed by atoms with E-state index in [9.17, 15) is 0 Å². The van der Waals surface area contributed by atoms with Crippen molar-refractivity contribution >= 4 is 0 Å². The zero-order chi connectivity index (χ0) is 10.7. The molecular weight excluding hydrogens is 188 g/mol. The molecule has 3 unspecified atom stereocenters. The second kappa shape index (κ2) is 5.28. The van der Waals surface area contributed by atoms with Crippen molar-refractivity contribution < 1.29 is 4.74 Å². The number of hydrogen-bond acceptors (Lipinski definition) is 3. The zero-order valence-electron chi connectivity index (χ0n) is 10.0. The van der Waals surface area contributed by atoms with Gasteiger partial charge in [0.05, 0.1) is 6.61 Å². The second-order valence-corrected chi connectivity index (χ2v) is 5.18. The average Bonchev–Trinajstić information content (AvgIpc) is 2.63. The topological polar surface area (TPSA) is 24.5 Å². The molecule has 0 radical (unpaired) electrons. The smallest absolute Gasteiger partial charge is 0.0507 e. The summed E-state index contributed by atoms with van der Waals surface area (Å²) in [5.74, 6) is 0.776. The molecule has 0 aromatic heterocycles. The van der Waals surface area contributed by atoms with Gasteiger partial charge in [-0.15, -0.1) is 0 Å². The summed E-state index contributed by atoms with van der Waals surface area (Å²) in [6.07, 6.45) is 2.53. The van der Waals surface area contributed by atoms with E-state index < -0.39 is 0 Å². The lowest BCUT2D eigenvalue weighted by Gasteiger charge is -2.30. The van der Waals surface area contributed by atoms with Crippen molar-refractivity contribution in [2.75, 3.05) is 32.8 Å². The first-order chi connectivity index (χ1) is 7.25. The fraction of sp³-hybridized carbons (Fsp3) is 1.00. The van der Waals surface area contributed by atoms with Gasteiger partial charge in [-0.1, -0.05) is 0 Å². The van der Waals surface area contributed by atoms with Gasteiger partial charge in [0.25, 0.3) is 0 Å². The fourth-order valence-corrected chi connectivity index (χ4v) is 2.63. The van der Waals surface area contributed by atoms with E-state index in [4.69, 9.17) is 4.74 Å². The monoisotopic (exact) mass is 212 g/mol. The average molecular weight is 212 g/mol. The molecule has 2 aliphatic heterocycles. The number of nitrogens with one attached hydrogen (secondary N) is 1. The first-order valence-electron chi connectivity index (χ1n) is 6.31. The highest BCUT2D eigenvalue weighted by atomic mass is 16.5. The van der Waals surface area contributed by atoms with Crippen molar-refractivity contribution in [2.45, 2.75) is 38.8 Å². The van der Waals surface area contributed by atoms with E-state index in [0.717, 1.165) is 25.2 Å². The Hall–Kier alpha value is -0.120. The Balaban J connectivity index is 1.86. The van der Waals surface area contributed by atoms with Gasteiger partial charge in [0.2, 0.25) is 0 Å². The predicted octanol–water partition coefficient (Wildman–Crippen LogP) is 1.10. The van der Waals surface area contributed by atoms with Gasteiger partial charge >= 0.3 is 0 Å². The van der Waals surface area contributed by atoms with Crippen molar-refractivity contribution in [1.82, 2.24) is 10.2 Å². The van der Waals surface area contributed by atoms with E-state index in [0.29, 0.717) is 6.04 Å². The largest absolute Gasteiger partial charge is 0.381 e. The summed E-state index contributed by atoms with van der Waals surface area (Å²) < 4.78 is 5.45. The first kappa shape index (κ1) is 11.4. The molecule has 0 amide bonds. The van der Waals surface area contributed by atoms with E-state index in [1.165, 1.54) is 32.5 Å². The number of hydrogen-bond donors (Lipinski definition) is 1. The van der Waals surface area contributed by atoms with Gasteiger partial charge in [-0.25, -0.2) is 0 Å². The highest BCUT2D eigenvalue weighted by Crippen LogP contribution is 2.17. The number of ether oxygens (including phenoxy) is 1. The molecule has 88 valence electrons. The minimum atomic E-state index is 0.636. The Labute approximate surface area is 93.2 Å². The van der Waals surface area contributed by atoms with Crippen LogP contribution in [0.4, 0.5) is 0 Å². The van der Waals surface area contributed by atoms with Crippen LogP contribution in [-0.4, -0.2) is 49.8 Å². The highest BCUT2D eigenvalue weighted by molar-refractivity contribution is 4.81. The normalized spacial score (nSPS) is 39.2. The molecule has 2 rings (SSSR count). The van der Waals surface area contributed by atoms with Gasteiger partial charge in [-0.3, -0.25) is 4.90 Å². The maximum atomic E-state index is 5.45. The first-order valence-corrected chi connectivity index (χ1v) is 6.31. The van der Waals surface area contributed by atoms with Gasteiger partial charge in [0.15, 0.2) is 0 Å². The molecule has 0 aliphatic carbocycles. The van der Waals surface area contributed by atoms with Crippen LogP contribution in [0.5, 0.6) is 0 Å². The van der Waals surface area contributed by atoms with Crippen LogP contribution in [0.2, 0.25) is 0 Å². The molecule has 2 heterocycles. The summed E-state index contributed by atoms with van der Waals surface area (Å²) in [4.78, 5) is 2.64. The molecule has 3 nitrogen and oxygen atoms in total. The van der Waals surface area contributed by atoms with E-state index in [2.05, 4.69) is 24.1 Å². The number of rotatable bonds is 2. The summed E-state index contributed by atoms with van der Waals surface area (Å²) >= 11 is 0. The van der Waals surface area contributed by atoms with Gasteiger partial charge in [-0.2, -0.15) is 0 Å². The quantitative estimate of drug-likeness (QED) is 0.742. The van der Waals surface area contributed by atoms with Crippen molar-refractivity contribution in [2.24, 2.45) is 5.92 Å². The predicted molar refractivity (Wildman–Crippen MR) is 62.0 cm³/mol. The molecule has 2 saturated heterocycles. The van der Waals surface area contributed by atoms with E-state index in [-0.39, 0.29) is 0 Å². The lowest BCUT2D eigenvalue weighted by molar-refractivity contribution is 0.147. The Bertz CT molecular complexity index is 192. The van der Waals surface area contributed by atoms with Crippen molar-refractivity contribution in [3.05, 3.63) is 0 Å². The van der Waals surface area contributed by atoms with Crippen LogP contribution in [0.1, 0.15) is 26.7 Å². The van der Waals surface area contributed by atoms with Crippen LogP contribution in [0.3, 0.4) is 0 Å². The Morgan fingerprint density at radius 3 is 2.93 bits per heavy atom. The highest BCUT2D eigenvalue weighted by Gasteiger charge is 2.25. The van der Waals surface area contributed by atoms with Crippen molar-refractivity contribution in [3.63, 3.8) is 0 Å². The van der Waals surface area contributed by atoms with Crippen LogP contribution in [0, 0.1) is 5.92 Å². The van der Waals surface area contributed by atoms with Crippen molar-refractivity contribution in [1.29, 1.82) is 0 Å². The van der Waals surface area contributed by atoms with Gasteiger partial charge < -0.3 is 10.1 Å². The summed E-state index contributed by atoms with van der Waals surface area (Å²) in [7, 11) is 0. The zero-order valence-corrected chi connectivity index (χ0v) is 10.0. The molecule has 2 fully saturated rings. The molecule has 0 aromatic rings. The van der Waals surface area contributed by atoms with Gasteiger partial charge in [0, 0.05) is 31.8 Å². The lowest BCUT2D eigenvalue weighted by atomic mass is 10.1. The Morgan fingerprint density at radius 2 is 2.20 bits per heavy atom. The molecular formula is C12H24N2O. The summed E-state index contributed by atoms with van der Waals surface area (Å²) in [6.45, 7) is 10.2. The molecule has 2 aliphatic rings. The molecule has 3 atom stereocenters. The van der Waals surface area contributed by atoms with Crippen LogP contribution < -0.4 is 5.32 Å². The molecule has 0 aromatic carbocycles. The number of nitrogens with zero attached hydrogens (tertiary/aromatic N) is 1. The Kier molecular flexibility index (Phi) is 4.00. The summed E-state index contributed by atoms with van der Waals surface area (Å²) in [5.41, 5.74) is 0. The molecule has 3 heteroatoms. The minimum Gasteiger partial charge on any atom is -0.381 e. The standard InChI is InChI=1S/C12H24N2O/c1-10-7-14(11(2)3-5-13-10)8-12-4-6-15-9-12/h10-13H,3-9H2,1-2H3. The van der Waals surface area contributed by atoms with Crippen LogP contribution in [0.15, 0.2) is 0 Å². The SMILES string of the molecule is CC1CN(CC2CCOC2)C(C)CCN1. The van der Waals surface area contributed by atoms with E-state index in [1.807, 2.05) is 0 Å². The van der Waals surface area contributed by atoms with Crippen LogP contribution in [-0.2, 0) is 4.74 Å². The fourth-order valence-electron chi connectivity index (χ4n) is 2.63. The van der Waals surface area contributed by atoms with E-state index in [1.54, 1.807) is 0 Å². The molecule has 0 saturated carbocycles. The summed E-state index contributed by atoms with van der Waals surface area (Å²) in [6, 6.07) is 1.36. The second-order valence-electron chi connectivity index (χ2n) is 5.18. The molecule has 15 heavy (non-hydrogen) atoms. The lowest BCUT2D eigenvalue weighted by Crippen LogP contribution is -2.41. The molecule has 0 bridgehead atoms. The van der Waals surface area contributed by atoms with Gasteiger partial charge in [0.1, 0.15) is 0 Å². The third kappa shape index (κ3) is 3.16. The third-order valence-corrected chi connectivity index (χ3v) is 3.70. The van der Waals surface area contributed by atoms with E-state index >= 15 is 0 Å². The van der Waals surface area contributed by atoms with Crippen molar-refractivity contribution in [3.8, 4) is 0 Å². The van der Waals surface area contributed by atoms with Gasteiger partial charge in [-0.05, 0) is 39.2 Å². The van der Waals surface area contributed by atoms with Crippen LogP contribution in [0.25, 0.3) is 0 Å². The maximum Gasteiger partial charge on any atom is 0.0507 e. The minimum absolute atomic E-state index is 0.636. The molecule has 1 N–H and O–H groups in total. The molecule has 0 spiro atoms. The Morgan fingerprint density at radius 1 is 1.33 bits per heavy atom. The third-order valence-electron chi connectivity index (χ3n) is 3.70. The maximum absolute atomic E-state index is 5.45. The summed E-state index contributed by atoms with van der Waals surface area (Å²) in [5, 5.41) is 3.56.